The van der Waals surface area contributed by atoms with Gasteiger partial charge in [0.15, 0.2) is 0 Å². The van der Waals surface area contributed by atoms with Crippen LogP contribution in [-0.4, -0.2) is 15.9 Å². The van der Waals surface area contributed by atoms with Gasteiger partial charge in [-0.15, -0.1) is 0 Å². The maximum atomic E-state index is 12.8. The van der Waals surface area contributed by atoms with Crippen molar-refractivity contribution < 1.29 is 4.79 Å². The topological polar surface area (TPSA) is 66.9 Å². The molecule has 0 aliphatic heterocycles. The van der Waals surface area contributed by atoms with Crippen molar-refractivity contribution >= 4 is 23.2 Å². The van der Waals surface area contributed by atoms with E-state index >= 15 is 0 Å². The van der Waals surface area contributed by atoms with Crippen LogP contribution in [0, 0.1) is 34.6 Å². The van der Waals surface area contributed by atoms with Gasteiger partial charge in [0.2, 0.25) is 5.95 Å². The lowest BCUT2D eigenvalue weighted by Crippen LogP contribution is -2.17. The monoisotopic (exact) mass is 360 g/mol. The van der Waals surface area contributed by atoms with Gasteiger partial charge >= 0.3 is 0 Å². The number of nitrogens with zero attached hydrogens (tertiary/aromatic N) is 2. The van der Waals surface area contributed by atoms with E-state index in [1.807, 2.05) is 58.0 Å². The number of para-hydroxylation sites is 1. The Kier molecular flexibility index (Phi) is 5.21. The van der Waals surface area contributed by atoms with Crippen LogP contribution in [0.1, 0.15) is 38.4 Å². The van der Waals surface area contributed by atoms with Gasteiger partial charge in [-0.2, -0.15) is 0 Å². The maximum Gasteiger partial charge on any atom is 0.274 e. The number of aryl methyl sites for hydroxylation is 5. The summed E-state index contributed by atoms with van der Waals surface area (Å²) in [6, 6.07) is 13.7. The highest BCUT2D eigenvalue weighted by molar-refractivity contribution is 6.04. The first-order valence-electron chi connectivity index (χ1n) is 8.91. The van der Waals surface area contributed by atoms with E-state index in [0.717, 1.165) is 33.8 Å². The smallest absolute Gasteiger partial charge is 0.274 e. The van der Waals surface area contributed by atoms with Crippen LogP contribution in [0.2, 0.25) is 0 Å². The van der Waals surface area contributed by atoms with E-state index in [1.165, 1.54) is 5.56 Å². The van der Waals surface area contributed by atoms with Gasteiger partial charge < -0.3 is 10.6 Å². The van der Waals surface area contributed by atoms with E-state index in [1.54, 1.807) is 6.07 Å². The van der Waals surface area contributed by atoms with Gasteiger partial charge in [-0.25, -0.2) is 9.97 Å². The summed E-state index contributed by atoms with van der Waals surface area (Å²) >= 11 is 0. The van der Waals surface area contributed by atoms with Gasteiger partial charge in [-0.05, 0) is 63.4 Å². The minimum Gasteiger partial charge on any atom is -0.324 e. The molecule has 0 aliphatic carbocycles. The molecule has 0 unspecified atom stereocenters. The summed E-state index contributed by atoms with van der Waals surface area (Å²) < 4.78 is 0. The first kappa shape index (κ1) is 18.6. The lowest BCUT2D eigenvalue weighted by atomic mass is 10.1. The fourth-order valence-electron chi connectivity index (χ4n) is 3.00. The fraction of sp³-hybridized carbons (Fsp3) is 0.227. The third kappa shape index (κ3) is 4.31. The van der Waals surface area contributed by atoms with Crippen molar-refractivity contribution in [2.75, 3.05) is 10.6 Å². The van der Waals surface area contributed by atoms with Crippen LogP contribution in [0.4, 0.5) is 17.3 Å². The number of carbonyl (C=O) groups is 1. The van der Waals surface area contributed by atoms with E-state index in [-0.39, 0.29) is 5.91 Å². The lowest BCUT2D eigenvalue weighted by Gasteiger charge is -2.13. The zero-order valence-corrected chi connectivity index (χ0v) is 16.3. The predicted octanol–water partition coefficient (Wildman–Crippen LogP) is 5.01. The molecule has 0 atom stereocenters. The summed E-state index contributed by atoms with van der Waals surface area (Å²) in [5.74, 6) is 0.162. The van der Waals surface area contributed by atoms with Crippen molar-refractivity contribution in [3.63, 3.8) is 0 Å². The molecule has 2 N–H and O–H groups in total. The number of aromatic nitrogens is 2. The van der Waals surface area contributed by atoms with Crippen molar-refractivity contribution in [2.45, 2.75) is 34.6 Å². The van der Waals surface area contributed by atoms with Crippen LogP contribution in [0.25, 0.3) is 0 Å². The van der Waals surface area contributed by atoms with Crippen LogP contribution in [0.3, 0.4) is 0 Å². The number of benzene rings is 2. The minimum absolute atomic E-state index is 0.249. The Morgan fingerprint density at radius 3 is 2.22 bits per heavy atom. The number of hydrogen-bond donors (Lipinski definition) is 2. The van der Waals surface area contributed by atoms with Crippen LogP contribution in [-0.2, 0) is 0 Å². The SMILES string of the molecule is Cc1ccc(Nc2nc(C)cc(C(=O)Nc3c(C)cccc3C)n2)c(C)c1. The average Bonchev–Trinajstić information content (AvgIpc) is 2.60. The molecule has 27 heavy (non-hydrogen) atoms. The molecule has 2 aromatic carbocycles. The van der Waals surface area contributed by atoms with Gasteiger partial charge in [0.05, 0.1) is 0 Å². The van der Waals surface area contributed by atoms with Crippen molar-refractivity contribution in [2.24, 2.45) is 0 Å². The van der Waals surface area contributed by atoms with Crippen molar-refractivity contribution in [1.29, 1.82) is 0 Å². The second kappa shape index (κ2) is 7.58. The van der Waals surface area contributed by atoms with E-state index < -0.39 is 0 Å². The highest BCUT2D eigenvalue weighted by atomic mass is 16.1. The summed E-state index contributed by atoms with van der Waals surface area (Å²) in [6.07, 6.45) is 0. The minimum atomic E-state index is -0.249. The standard InChI is InChI=1S/C22H24N4O/c1-13-9-10-18(16(4)11-13)24-22-23-17(5)12-19(25-22)21(27)26-20-14(2)7-6-8-15(20)3/h6-12H,1-5H3,(H,26,27)(H,23,24,25). The Morgan fingerprint density at radius 2 is 1.56 bits per heavy atom. The number of carbonyl (C=O) groups excluding carboxylic acids is 1. The first-order valence-corrected chi connectivity index (χ1v) is 8.91. The molecule has 1 aromatic heterocycles. The summed E-state index contributed by atoms with van der Waals surface area (Å²) in [5, 5.41) is 6.19. The lowest BCUT2D eigenvalue weighted by molar-refractivity contribution is 0.102. The molecule has 1 amide bonds. The highest BCUT2D eigenvalue weighted by Crippen LogP contribution is 2.22. The molecule has 0 bridgehead atoms. The Labute approximate surface area is 159 Å². The van der Waals surface area contributed by atoms with Gasteiger partial charge in [-0.1, -0.05) is 35.9 Å². The average molecular weight is 360 g/mol. The second-order valence-electron chi connectivity index (χ2n) is 6.88. The molecule has 5 heteroatoms. The predicted molar refractivity (Wildman–Crippen MR) is 110 cm³/mol. The molecule has 0 spiro atoms. The third-order valence-corrected chi connectivity index (χ3v) is 4.43. The number of anilines is 3. The molecule has 0 fully saturated rings. The molecule has 0 radical (unpaired) electrons. The molecule has 0 saturated heterocycles. The number of nitrogens with one attached hydrogen (secondary N) is 2. The second-order valence-corrected chi connectivity index (χ2v) is 6.88. The summed E-state index contributed by atoms with van der Waals surface area (Å²) in [5.41, 5.74) is 7.13. The van der Waals surface area contributed by atoms with Gasteiger partial charge in [0.25, 0.3) is 5.91 Å². The number of amides is 1. The zero-order chi connectivity index (χ0) is 19.6. The Bertz CT molecular complexity index is 991. The summed E-state index contributed by atoms with van der Waals surface area (Å²) in [4.78, 5) is 21.6. The van der Waals surface area contributed by atoms with Crippen LogP contribution in [0.15, 0.2) is 42.5 Å². The normalized spacial score (nSPS) is 10.6. The molecular weight excluding hydrogens is 336 g/mol. The highest BCUT2D eigenvalue weighted by Gasteiger charge is 2.14. The summed E-state index contributed by atoms with van der Waals surface area (Å²) in [6.45, 7) is 9.88. The van der Waals surface area contributed by atoms with Crippen molar-refractivity contribution in [1.82, 2.24) is 9.97 Å². The molecule has 0 saturated carbocycles. The molecular formula is C22H24N4O. The van der Waals surface area contributed by atoms with E-state index in [4.69, 9.17) is 0 Å². The van der Waals surface area contributed by atoms with Gasteiger partial charge in [0, 0.05) is 17.1 Å². The first-order chi connectivity index (χ1) is 12.8. The van der Waals surface area contributed by atoms with Crippen LogP contribution < -0.4 is 10.6 Å². The molecule has 3 aromatic rings. The number of hydrogen-bond acceptors (Lipinski definition) is 4. The molecule has 138 valence electrons. The van der Waals surface area contributed by atoms with Crippen LogP contribution >= 0.6 is 0 Å². The molecule has 3 rings (SSSR count). The van der Waals surface area contributed by atoms with E-state index in [0.29, 0.717) is 11.6 Å². The molecule has 0 aliphatic rings. The Balaban J connectivity index is 1.87. The van der Waals surface area contributed by atoms with Crippen molar-refractivity contribution in [3.8, 4) is 0 Å². The maximum absolute atomic E-state index is 12.8. The van der Waals surface area contributed by atoms with Crippen LogP contribution in [0.5, 0.6) is 0 Å². The molecule has 1 heterocycles. The molecule has 5 nitrogen and oxygen atoms in total. The van der Waals surface area contributed by atoms with Gasteiger partial charge in [-0.3, -0.25) is 4.79 Å². The van der Waals surface area contributed by atoms with E-state index in [2.05, 4.69) is 33.6 Å². The Morgan fingerprint density at radius 1 is 0.852 bits per heavy atom. The Hall–Kier alpha value is -3.21. The third-order valence-electron chi connectivity index (χ3n) is 4.43. The zero-order valence-electron chi connectivity index (χ0n) is 16.3. The summed E-state index contributed by atoms with van der Waals surface area (Å²) in [7, 11) is 0. The van der Waals surface area contributed by atoms with Gasteiger partial charge in [0.1, 0.15) is 5.69 Å². The fourth-order valence-corrected chi connectivity index (χ4v) is 3.00. The largest absolute Gasteiger partial charge is 0.324 e. The number of rotatable bonds is 4. The van der Waals surface area contributed by atoms with E-state index in [9.17, 15) is 4.79 Å². The quantitative estimate of drug-likeness (QED) is 0.686. The van der Waals surface area contributed by atoms with Crippen molar-refractivity contribution in [3.05, 3.63) is 76.1 Å².